The van der Waals surface area contributed by atoms with Gasteiger partial charge in [0.15, 0.2) is 0 Å². The lowest BCUT2D eigenvalue weighted by Gasteiger charge is -2.10. The Hall–Kier alpha value is -0.820. The van der Waals surface area contributed by atoms with Gasteiger partial charge in [-0.3, -0.25) is 0 Å². The van der Waals surface area contributed by atoms with Crippen LogP contribution in [0.25, 0.3) is 0 Å². The zero-order valence-corrected chi connectivity index (χ0v) is 13.3. The number of carbonyl (C=O) groups excluding carboxylic acids is 1. The van der Waals surface area contributed by atoms with Crippen LogP contribution in [0.3, 0.4) is 0 Å². The highest BCUT2D eigenvalue weighted by Crippen LogP contribution is 2.29. The lowest BCUT2D eigenvalue weighted by Crippen LogP contribution is -2.15. The fourth-order valence-corrected chi connectivity index (χ4v) is 2.38. The minimum Gasteiger partial charge on any atom is -0.462 e. The molecule has 0 spiro atoms. The summed E-state index contributed by atoms with van der Waals surface area (Å²) in [5, 5.41) is 4.87. The monoisotopic (exact) mass is 339 g/mol. The molecule has 0 unspecified atom stereocenters. The molecule has 0 atom stereocenters. The molecule has 1 aromatic carbocycles. The first-order chi connectivity index (χ1) is 9.12. The summed E-state index contributed by atoms with van der Waals surface area (Å²) in [5.74, 6) is -0.360. The van der Waals surface area contributed by atoms with E-state index in [-0.39, 0.29) is 27.1 Å². The first-order valence-corrected chi connectivity index (χ1v) is 8.12. The van der Waals surface area contributed by atoms with Crippen molar-refractivity contribution in [3.05, 3.63) is 27.7 Å². The molecule has 0 aromatic heterocycles. The predicted octanol–water partition coefficient (Wildman–Crippen LogP) is 2.84. The highest BCUT2D eigenvalue weighted by atomic mass is 35.5. The van der Waals surface area contributed by atoms with Gasteiger partial charge in [0.05, 0.1) is 27.1 Å². The summed E-state index contributed by atoms with van der Waals surface area (Å²) in [6, 6.07) is 2.14. The Morgan fingerprint density at radius 2 is 1.95 bits per heavy atom. The van der Waals surface area contributed by atoms with Gasteiger partial charge in [-0.1, -0.05) is 37.0 Å². The van der Waals surface area contributed by atoms with E-state index in [1.54, 1.807) is 0 Å². The number of esters is 1. The summed E-state index contributed by atoms with van der Waals surface area (Å²) in [5.41, 5.74) is -0.119. The van der Waals surface area contributed by atoms with Crippen molar-refractivity contribution in [2.75, 3.05) is 6.61 Å². The van der Waals surface area contributed by atoms with Gasteiger partial charge in [-0.2, -0.15) is 0 Å². The molecule has 1 aromatic rings. The van der Waals surface area contributed by atoms with Gasteiger partial charge >= 0.3 is 5.97 Å². The van der Waals surface area contributed by atoms with Gasteiger partial charge in [0, 0.05) is 0 Å². The van der Waals surface area contributed by atoms with Gasteiger partial charge in [-0.25, -0.2) is 18.4 Å². The van der Waals surface area contributed by atoms with Crippen LogP contribution >= 0.6 is 23.2 Å². The smallest absolute Gasteiger partial charge is 0.339 e. The van der Waals surface area contributed by atoms with Crippen molar-refractivity contribution in [2.45, 2.75) is 25.2 Å². The molecule has 0 radical (unpaired) electrons. The van der Waals surface area contributed by atoms with Crippen LogP contribution in [0, 0.1) is 5.92 Å². The first-order valence-electron chi connectivity index (χ1n) is 5.82. The van der Waals surface area contributed by atoms with Crippen molar-refractivity contribution < 1.29 is 17.9 Å². The van der Waals surface area contributed by atoms with Gasteiger partial charge < -0.3 is 4.74 Å². The number of halogens is 2. The van der Waals surface area contributed by atoms with Gasteiger partial charge in [-0.05, 0) is 24.5 Å². The molecular weight excluding hydrogens is 325 g/mol. The highest BCUT2D eigenvalue weighted by Gasteiger charge is 2.20. The summed E-state index contributed by atoms with van der Waals surface area (Å²) in [4.78, 5) is 11.6. The zero-order chi connectivity index (χ0) is 15.5. The fraction of sp³-hybridized carbons (Fsp3) is 0.417. The molecule has 112 valence electrons. The molecular formula is C12H15Cl2NO4S. The quantitative estimate of drug-likeness (QED) is 0.835. The Morgan fingerprint density at radius 3 is 2.45 bits per heavy atom. The van der Waals surface area contributed by atoms with Crippen molar-refractivity contribution in [2.24, 2.45) is 11.1 Å². The topological polar surface area (TPSA) is 86.5 Å². The second kappa shape index (κ2) is 6.76. The van der Waals surface area contributed by atoms with Crippen LogP contribution < -0.4 is 5.14 Å². The molecule has 0 saturated carbocycles. The van der Waals surface area contributed by atoms with E-state index in [4.69, 9.17) is 33.1 Å². The van der Waals surface area contributed by atoms with Crippen molar-refractivity contribution in [3.63, 3.8) is 0 Å². The minimum absolute atomic E-state index is 0.0615. The lowest BCUT2D eigenvalue weighted by atomic mass is 10.1. The van der Waals surface area contributed by atoms with E-state index in [1.165, 1.54) is 0 Å². The van der Waals surface area contributed by atoms with Gasteiger partial charge in [-0.15, -0.1) is 0 Å². The third-order valence-corrected chi connectivity index (χ3v) is 4.17. The SMILES string of the molecule is CC(C)CCOC(=O)c1cc(S(N)(=O)=O)cc(Cl)c1Cl. The molecule has 8 heteroatoms. The second-order valence-electron chi connectivity index (χ2n) is 4.63. The zero-order valence-electron chi connectivity index (χ0n) is 11.0. The van der Waals surface area contributed by atoms with E-state index < -0.39 is 16.0 Å². The summed E-state index contributed by atoms with van der Waals surface area (Å²) in [6.07, 6.45) is 0.686. The molecule has 0 heterocycles. The Bertz CT molecular complexity index is 614. The van der Waals surface area contributed by atoms with Crippen LogP contribution in [-0.4, -0.2) is 21.0 Å². The molecule has 0 saturated heterocycles. The molecule has 20 heavy (non-hydrogen) atoms. The molecule has 0 fully saturated rings. The Balaban J connectivity index is 3.05. The van der Waals surface area contributed by atoms with E-state index in [0.29, 0.717) is 12.3 Å². The summed E-state index contributed by atoms with van der Waals surface area (Å²) in [6.45, 7) is 4.18. The van der Waals surface area contributed by atoms with Crippen molar-refractivity contribution in [3.8, 4) is 0 Å². The highest BCUT2D eigenvalue weighted by molar-refractivity contribution is 7.89. The van der Waals surface area contributed by atoms with E-state index >= 15 is 0 Å². The lowest BCUT2D eigenvalue weighted by molar-refractivity contribution is 0.0488. The number of nitrogens with two attached hydrogens (primary N) is 1. The maximum atomic E-state index is 11.9. The molecule has 0 aliphatic heterocycles. The van der Waals surface area contributed by atoms with Crippen LogP contribution in [0.15, 0.2) is 17.0 Å². The number of ether oxygens (including phenoxy) is 1. The standard InChI is InChI=1S/C12H15Cl2NO4S/c1-7(2)3-4-19-12(16)9-5-8(20(15,17)18)6-10(13)11(9)14/h5-7H,3-4H2,1-2H3,(H2,15,17,18). The maximum absolute atomic E-state index is 11.9. The van der Waals surface area contributed by atoms with Crippen LogP contribution in [0.5, 0.6) is 0 Å². The Morgan fingerprint density at radius 1 is 1.35 bits per heavy atom. The number of rotatable bonds is 5. The van der Waals surface area contributed by atoms with Crippen LogP contribution in [0.2, 0.25) is 10.0 Å². The van der Waals surface area contributed by atoms with Gasteiger partial charge in [0.1, 0.15) is 0 Å². The fourth-order valence-electron chi connectivity index (χ4n) is 1.34. The van der Waals surface area contributed by atoms with Gasteiger partial charge in [0.25, 0.3) is 0 Å². The average molecular weight is 340 g/mol. The third-order valence-electron chi connectivity index (χ3n) is 2.48. The number of primary sulfonamides is 1. The van der Waals surface area contributed by atoms with Crippen molar-refractivity contribution in [1.29, 1.82) is 0 Å². The van der Waals surface area contributed by atoms with E-state index in [0.717, 1.165) is 12.1 Å². The first kappa shape index (κ1) is 17.2. The molecule has 0 amide bonds. The Labute approximate surface area is 128 Å². The molecule has 5 nitrogen and oxygen atoms in total. The number of benzene rings is 1. The summed E-state index contributed by atoms with van der Waals surface area (Å²) < 4.78 is 27.6. The number of sulfonamides is 1. The number of carbonyl (C=O) groups is 1. The van der Waals surface area contributed by atoms with Crippen molar-refractivity contribution >= 4 is 39.2 Å². The molecule has 0 bridgehead atoms. The van der Waals surface area contributed by atoms with E-state index in [2.05, 4.69) is 0 Å². The number of hydrogen-bond donors (Lipinski definition) is 1. The van der Waals surface area contributed by atoms with Crippen LogP contribution in [0.1, 0.15) is 30.6 Å². The van der Waals surface area contributed by atoms with Crippen molar-refractivity contribution in [1.82, 2.24) is 0 Å². The van der Waals surface area contributed by atoms with E-state index in [9.17, 15) is 13.2 Å². The predicted molar refractivity (Wildman–Crippen MR) is 77.6 cm³/mol. The average Bonchev–Trinajstić information content (AvgIpc) is 2.30. The van der Waals surface area contributed by atoms with Gasteiger partial charge in [0.2, 0.25) is 10.0 Å². The molecule has 0 aliphatic rings. The summed E-state index contributed by atoms with van der Waals surface area (Å²) >= 11 is 11.7. The largest absolute Gasteiger partial charge is 0.462 e. The van der Waals surface area contributed by atoms with Crippen LogP contribution in [0.4, 0.5) is 0 Å². The Kier molecular flexibility index (Phi) is 5.82. The van der Waals surface area contributed by atoms with E-state index in [1.807, 2.05) is 13.8 Å². The molecule has 2 N–H and O–H groups in total. The minimum atomic E-state index is -3.98. The summed E-state index contributed by atoms with van der Waals surface area (Å²) in [7, 11) is -3.98. The maximum Gasteiger partial charge on any atom is 0.339 e. The molecule has 0 aliphatic carbocycles. The number of hydrogen-bond acceptors (Lipinski definition) is 4. The normalized spacial score (nSPS) is 11.7. The third kappa shape index (κ3) is 4.63. The molecule has 1 rings (SSSR count). The van der Waals surface area contributed by atoms with Crippen LogP contribution in [-0.2, 0) is 14.8 Å². The second-order valence-corrected chi connectivity index (χ2v) is 6.98.